The minimum Gasteiger partial charge on any atom is -0.353 e. The van der Waals surface area contributed by atoms with Crippen molar-refractivity contribution in [3.05, 3.63) is 52.1 Å². The van der Waals surface area contributed by atoms with Crippen molar-refractivity contribution in [2.45, 2.75) is 4.90 Å². The van der Waals surface area contributed by atoms with Gasteiger partial charge in [0.05, 0.1) is 9.92 Å². The van der Waals surface area contributed by atoms with Gasteiger partial charge in [0.25, 0.3) is 0 Å². The Morgan fingerprint density at radius 3 is 2.30 bits per heavy atom. The first kappa shape index (κ1) is 16.7. The fourth-order valence-electron chi connectivity index (χ4n) is 2.51. The van der Waals surface area contributed by atoms with Crippen molar-refractivity contribution in [2.75, 3.05) is 31.1 Å². The van der Waals surface area contributed by atoms with Gasteiger partial charge in [-0.2, -0.15) is 4.31 Å². The molecule has 1 saturated heterocycles. The Morgan fingerprint density at radius 2 is 1.70 bits per heavy atom. The topological polar surface area (TPSA) is 53.5 Å². The lowest BCUT2D eigenvalue weighted by atomic mass is 10.3. The van der Waals surface area contributed by atoms with Crippen molar-refractivity contribution in [3.8, 4) is 0 Å². The molecule has 23 heavy (non-hydrogen) atoms. The van der Waals surface area contributed by atoms with Crippen LogP contribution in [0.5, 0.6) is 0 Å². The van der Waals surface area contributed by atoms with Crippen LogP contribution in [0.25, 0.3) is 0 Å². The highest BCUT2D eigenvalue weighted by Gasteiger charge is 2.29. The van der Waals surface area contributed by atoms with Gasteiger partial charge in [0.15, 0.2) is 0 Å². The monoisotopic (exact) mass is 415 g/mol. The number of rotatable bonds is 3. The Labute approximate surface area is 149 Å². The molecule has 2 aromatic rings. The molecule has 1 fully saturated rings. The highest BCUT2D eigenvalue weighted by Crippen LogP contribution is 2.25. The lowest BCUT2D eigenvalue weighted by Crippen LogP contribution is -2.49. The van der Waals surface area contributed by atoms with E-state index in [1.54, 1.807) is 42.6 Å². The zero-order valence-corrected chi connectivity index (χ0v) is 15.4. The van der Waals surface area contributed by atoms with Crippen molar-refractivity contribution in [1.82, 2.24) is 9.29 Å². The molecule has 1 aliphatic rings. The number of aromatic nitrogens is 1. The molecule has 0 amide bonds. The quantitative estimate of drug-likeness (QED) is 0.772. The average Bonchev–Trinajstić information content (AvgIpc) is 2.56. The van der Waals surface area contributed by atoms with E-state index in [1.165, 1.54) is 4.31 Å². The van der Waals surface area contributed by atoms with Crippen LogP contribution in [-0.2, 0) is 10.0 Å². The summed E-state index contributed by atoms with van der Waals surface area (Å²) in [5.41, 5.74) is 0. The van der Waals surface area contributed by atoms with Crippen molar-refractivity contribution < 1.29 is 8.42 Å². The molecule has 0 atom stereocenters. The van der Waals surface area contributed by atoms with Gasteiger partial charge in [0, 0.05) is 36.8 Å². The van der Waals surface area contributed by atoms with E-state index in [1.807, 2.05) is 4.90 Å². The second-order valence-corrected chi connectivity index (χ2v) is 8.41. The molecule has 2 heterocycles. The molecule has 122 valence electrons. The number of halogens is 2. The van der Waals surface area contributed by atoms with Crippen molar-refractivity contribution in [2.24, 2.45) is 0 Å². The molecule has 0 N–H and O–H groups in total. The predicted octanol–water partition coefficient (Wildman–Crippen LogP) is 3.01. The van der Waals surface area contributed by atoms with E-state index in [4.69, 9.17) is 11.6 Å². The summed E-state index contributed by atoms with van der Waals surface area (Å²) in [6.07, 6.45) is 1.69. The molecule has 0 saturated carbocycles. The molecule has 0 aliphatic carbocycles. The van der Waals surface area contributed by atoms with Gasteiger partial charge in [-0.25, -0.2) is 13.4 Å². The fraction of sp³-hybridized carbons (Fsp3) is 0.267. The van der Waals surface area contributed by atoms with Crippen LogP contribution in [0.15, 0.2) is 52.0 Å². The number of sulfonamides is 1. The van der Waals surface area contributed by atoms with Gasteiger partial charge in [0.2, 0.25) is 10.0 Å². The number of benzene rings is 1. The second kappa shape index (κ2) is 6.76. The SMILES string of the molecule is O=S(=O)(c1ccc(Br)cc1)N1CCN(c2ncccc2Cl)CC1. The van der Waals surface area contributed by atoms with E-state index in [2.05, 4.69) is 20.9 Å². The Morgan fingerprint density at radius 1 is 1.04 bits per heavy atom. The van der Waals surface area contributed by atoms with Crippen molar-refractivity contribution in [3.63, 3.8) is 0 Å². The third-order valence-corrected chi connectivity index (χ3v) is 6.47. The molecule has 5 nitrogen and oxygen atoms in total. The first-order valence-electron chi connectivity index (χ1n) is 7.10. The smallest absolute Gasteiger partial charge is 0.243 e. The molecule has 0 unspecified atom stereocenters. The van der Waals surface area contributed by atoms with Crippen LogP contribution in [0.4, 0.5) is 5.82 Å². The number of anilines is 1. The molecule has 1 aliphatic heterocycles. The van der Waals surface area contributed by atoms with Crippen molar-refractivity contribution >= 4 is 43.4 Å². The van der Waals surface area contributed by atoms with E-state index < -0.39 is 10.0 Å². The van der Waals surface area contributed by atoms with Crippen LogP contribution >= 0.6 is 27.5 Å². The van der Waals surface area contributed by atoms with Crippen LogP contribution < -0.4 is 4.90 Å². The van der Waals surface area contributed by atoms with E-state index >= 15 is 0 Å². The number of piperazine rings is 1. The summed E-state index contributed by atoms with van der Waals surface area (Å²) < 4.78 is 27.7. The molecular weight excluding hydrogens is 402 g/mol. The number of hydrogen-bond acceptors (Lipinski definition) is 4. The van der Waals surface area contributed by atoms with Gasteiger partial charge >= 0.3 is 0 Å². The summed E-state index contributed by atoms with van der Waals surface area (Å²) in [7, 11) is -3.46. The molecule has 3 rings (SSSR count). The summed E-state index contributed by atoms with van der Waals surface area (Å²) in [6, 6.07) is 10.3. The molecule has 0 bridgehead atoms. The van der Waals surface area contributed by atoms with E-state index in [9.17, 15) is 8.42 Å². The summed E-state index contributed by atoms with van der Waals surface area (Å²) in [6.45, 7) is 1.94. The maximum Gasteiger partial charge on any atom is 0.243 e. The van der Waals surface area contributed by atoms with E-state index in [0.717, 1.165) is 4.47 Å². The molecular formula is C15H15BrClN3O2S. The zero-order valence-electron chi connectivity index (χ0n) is 12.2. The van der Waals surface area contributed by atoms with Crippen molar-refractivity contribution in [1.29, 1.82) is 0 Å². The fourth-order valence-corrected chi connectivity index (χ4v) is 4.43. The van der Waals surface area contributed by atoms with E-state index in [0.29, 0.717) is 41.9 Å². The van der Waals surface area contributed by atoms with E-state index in [-0.39, 0.29) is 0 Å². The summed E-state index contributed by atoms with van der Waals surface area (Å²) in [4.78, 5) is 6.60. The van der Waals surface area contributed by atoms with Gasteiger partial charge in [-0.1, -0.05) is 27.5 Å². The lowest BCUT2D eigenvalue weighted by Gasteiger charge is -2.35. The van der Waals surface area contributed by atoms with Gasteiger partial charge < -0.3 is 4.90 Å². The molecule has 8 heteroatoms. The average molecular weight is 417 g/mol. The predicted molar refractivity (Wildman–Crippen MR) is 94.4 cm³/mol. The van der Waals surface area contributed by atoms with Crippen LogP contribution in [0.3, 0.4) is 0 Å². The van der Waals surface area contributed by atoms with Gasteiger partial charge in [-0.15, -0.1) is 0 Å². The summed E-state index contributed by atoms with van der Waals surface area (Å²) in [5, 5.41) is 0.580. The summed E-state index contributed by atoms with van der Waals surface area (Å²) in [5.74, 6) is 0.704. The van der Waals surface area contributed by atoms with Crippen LogP contribution in [0.1, 0.15) is 0 Å². The zero-order chi connectivity index (χ0) is 16.4. The van der Waals surface area contributed by atoms with Gasteiger partial charge in [0.1, 0.15) is 5.82 Å². The Bertz CT molecular complexity index is 791. The maximum atomic E-state index is 12.7. The number of hydrogen-bond donors (Lipinski definition) is 0. The Balaban J connectivity index is 1.74. The maximum absolute atomic E-state index is 12.7. The van der Waals surface area contributed by atoms with Crippen LogP contribution in [-0.4, -0.2) is 43.9 Å². The molecule has 0 spiro atoms. The Kier molecular flexibility index (Phi) is 4.91. The van der Waals surface area contributed by atoms with Gasteiger partial charge in [-0.05, 0) is 36.4 Å². The summed E-state index contributed by atoms with van der Waals surface area (Å²) >= 11 is 9.47. The third kappa shape index (κ3) is 3.52. The largest absolute Gasteiger partial charge is 0.353 e. The standard InChI is InChI=1S/C15H15BrClN3O2S/c16-12-3-5-13(6-4-12)23(21,22)20-10-8-19(9-11-20)15-14(17)2-1-7-18-15/h1-7H,8-11H2. The second-order valence-electron chi connectivity index (χ2n) is 5.15. The third-order valence-electron chi connectivity index (χ3n) is 3.73. The number of nitrogens with zero attached hydrogens (tertiary/aromatic N) is 3. The van der Waals surface area contributed by atoms with Crippen LogP contribution in [0, 0.1) is 0 Å². The first-order valence-corrected chi connectivity index (χ1v) is 9.71. The van der Waals surface area contributed by atoms with Gasteiger partial charge in [-0.3, -0.25) is 0 Å². The minimum absolute atomic E-state index is 0.310. The molecule has 1 aromatic heterocycles. The highest BCUT2D eigenvalue weighted by atomic mass is 79.9. The van der Waals surface area contributed by atoms with Crippen LogP contribution in [0.2, 0.25) is 5.02 Å². The normalized spacial score (nSPS) is 16.5. The Hall–Kier alpha value is -1.15. The number of pyridine rings is 1. The lowest BCUT2D eigenvalue weighted by molar-refractivity contribution is 0.384. The molecule has 1 aromatic carbocycles. The first-order chi connectivity index (χ1) is 11.0. The molecule has 0 radical (unpaired) electrons. The minimum atomic E-state index is -3.46. The highest BCUT2D eigenvalue weighted by molar-refractivity contribution is 9.10.